The van der Waals surface area contributed by atoms with Gasteiger partial charge in [-0.2, -0.15) is 0 Å². The zero-order valence-corrected chi connectivity index (χ0v) is 19.9. The number of hydrogen-bond acceptors (Lipinski definition) is 1. The van der Waals surface area contributed by atoms with E-state index in [1.165, 1.54) is 18.2 Å². The minimum Gasteiger partial charge on any atom is -0.489 e. The number of halogens is 7. The Kier molecular flexibility index (Phi) is 8.06. The van der Waals surface area contributed by atoms with Crippen LogP contribution in [-0.4, -0.2) is 6.61 Å². The highest BCUT2D eigenvalue weighted by atomic mass is 19.2. The molecule has 0 bridgehead atoms. The highest BCUT2D eigenvalue weighted by Crippen LogP contribution is 2.25. The van der Waals surface area contributed by atoms with Gasteiger partial charge in [0.25, 0.3) is 0 Å². The Balaban J connectivity index is 1.52. The minimum atomic E-state index is -1.60. The fourth-order valence-electron chi connectivity index (χ4n) is 3.82. The van der Waals surface area contributed by atoms with Crippen molar-refractivity contribution < 1.29 is 35.5 Å². The van der Waals surface area contributed by atoms with E-state index in [1.807, 2.05) is 0 Å². The Labute approximate surface area is 214 Å². The Morgan fingerprint density at radius 1 is 0.711 bits per heavy atom. The molecule has 0 aromatic heterocycles. The Hall–Kier alpha value is -4.25. The van der Waals surface area contributed by atoms with E-state index in [0.29, 0.717) is 0 Å². The second kappa shape index (κ2) is 11.4. The van der Waals surface area contributed by atoms with Gasteiger partial charge in [-0.15, -0.1) is 0 Å². The van der Waals surface area contributed by atoms with Gasteiger partial charge in [-0.25, -0.2) is 30.7 Å². The molecule has 0 atom stereocenters. The molecular formula is C30H19F7O. The predicted octanol–water partition coefficient (Wildman–Crippen LogP) is 7.95. The van der Waals surface area contributed by atoms with Crippen molar-refractivity contribution in [3.8, 4) is 17.6 Å². The van der Waals surface area contributed by atoms with Gasteiger partial charge >= 0.3 is 0 Å². The van der Waals surface area contributed by atoms with Gasteiger partial charge in [-0.05, 0) is 61.0 Å². The molecule has 0 aliphatic heterocycles. The summed E-state index contributed by atoms with van der Waals surface area (Å²) in [4.78, 5) is 0. The van der Waals surface area contributed by atoms with Crippen LogP contribution in [0, 0.1) is 52.6 Å². The molecule has 0 unspecified atom stereocenters. The summed E-state index contributed by atoms with van der Waals surface area (Å²) in [5, 5.41) is -0.138. The maximum absolute atomic E-state index is 14.6. The lowest BCUT2D eigenvalue weighted by molar-refractivity contribution is 0.356. The van der Waals surface area contributed by atoms with E-state index in [0.717, 1.165) is 30.3 Å². The molecule has 0 aliphatic rings. The van der Waals surface area contributed by atoms with E-state index in [1.54, 1.807) is 19.1 Å². The summed E-state index contributed by atoms with van der Waals surface area (Å²) < 4.78 is 104. The first-order valence-corrected chi connectivity index (χ1v) is 11.5. The second-order valence-electron chi connectivity index (χ2n) is 8.35. The smallest absolute Gasteiger partial charge is 0.195 e. The second-order valence-corrected chi connectivity index (χ2v) is 8.35. The van der Waals surface area contributed by atoms with E-state index < -0.39 is 46.3 Å². The molecule has 0 N–H and O–H groups in total. The summed E-state index contributed by atoms with van der Waals surface area (Å²) in [6.07, 6.45) is 3.20. The molecule has 0 heterocycles. The van der Waals surface area contributed by atoms with Crippen molar-refractivity contribution in [2.45, 2.75) is 19.8 Å². The summed E-state index contributed by atoms with van der Waals surface area (Å²) in [7, 11) is 0. The van der Waals surface area contributed by atoms with Crippen molar-refractivity contribution in [2.24, 2.45) is 0 Å². The fraction of sp³-hybridized carbons (Fsp3) is 0.133. The molecule has 0 saturated heterocycles. The highest BCUT2D eigenvalue weighted by molar-refractivity contribution is 5.84. The Morgan fingerprint density at radius 2 is 1.39 bits per heavy atom. The standard InChI is InChI=1S/C30H19F7O/c1-2-3-10-38-20-15-26(33)23(27(34)16-20)9-6-18-12-24(31)22(25(32)13-18)8-5-17-4-7-21-19(11-17)14-28(35)30(37)29(21)36/h2-4,7,11-16H,6,9-10H2,1H3/b3-2+. The molecule has 38 heavy (non-hydrogen) atoms. The molecule has 194 valence electrons. The average molecular weight is 528 g/mol. The Bertz CT molecular complexity index is 1570. The van der Waals surface area contributed by atoms with Crippen LogP contribution in [0.15, 0.2) is 60.7 Å². The molecule has 0 fully saturated rings. The largest absolute Gasteiger partial charge is 0.489 e. The third-order valence-corrected chi connectivity index (χ3v) is 5.77. The molecular weight excluding hydrogens is 509 g/mol. The van der Waals surface area contributed by atoms with Crippen LogP contribution in [0.25, 0.3) is 10.8 Å². The quantitative estimate of drug-likeness (QED) is 0.107. The van der Waals surface area contributed by atoms with Crippen molar-refractivity contribution in [1.29, 1.82) is 0 Å². The third kappa shape index (κ3) is 5.83. The van der Waals surface area contributed by atoms with Crippen LogP contribution >= 0.6 is 0 Å². The van der Waals surface area contributed by atoms with Crippen LogP contribution in [0.3, 0.4) is 0 Å². The zero-order valence-electron chi connectivity index (χ0n) is 19.9. The van der Waals surface area contributed by atoms with Crippen LogP contribution < -0.4 is 4.74 Å². The van der Waals surface area contributed by atoms with Crippen molar-refractivity contribution in [1.82, 2.24) is 0 Å². The lowest BCUT2D eigenvalue weighted by Crippen LogP contribution is -2.03. The molecule has 0 spiro atoms. The molecule has 0 radical (unpaired) electrons. The van der Waals surface area contributed by atoms with Crippen LogP contribution in [0.1, 0.15) is 29.2 Å². The molecule has 1 nitrogen and oxygen atoms in total. The normalized spacial score (nSPS) is 11.2. The molecule has 0 amide bonds. The third-order valence-electron chi connectivity index (χ3n) is 5.77. The maximum atomic E-state index is 14.6. The molecule has 4 aromatic rings. The molecule has 0 saturated carbocycles. The highest BCUT2D eigenvalue weighted by Gasteiger charge is 2.15. The lowest BCUT2D eigenvalue weighted by atomic mass is 10.0. The van der Waals surface area contributed by atoms with Gasteiger partial charge < -0.3 is 4.74 Å². The zero-order chi connectivity index (χ0) is 27.4. The van der Waals surface area contributed by atoms with Crippen LogP contribution in [-0.2, 0) is 12.8 Å². The molecule has 4 rings (SSSR count). The van der Waals surface area contributed by atoms with Gasteiger partial charge in [-0.1, -0.05) is 30.1 Å². The Morgan fingerprint density at radius 3 is 2.05 bits per heavy atom. The van der Waals surface area contributed by atoms with Gasteiger partial charge in [0.05, 0.1) is 5.56 Å². The number of allylic oxidation sites excluding steroid dienone is 1. The van der Waals surface area contributed by atoms with E-state index in [9.17, 15) is 30.7 Å². The number of benzene rings is 4. The average Bonchev–Trinajstić information content (AvgIpc) is 2.86. The molecule has 8 heteroatoms. The van der Waals surface area contributed by atoms with Crippen molar-refractivity contribution >= 4 is 10.8 Å². The summed E-state index contributed by atoms with van der Waals surface area (Å²) in [6.45, 7) is 1.93. The van der Waals surface area contributed by atoms with Gasteiger partial charge in [0, 0.05) is 28.6 Å². The molecule has 4 aromatic carbocycles. The first-order valence-electron chi connectivity index (χ1n) is 11.5. The summed E-state index contributed by atoms with van der Waals surface area (Å²) in [5.74, 6) is -3.06. The number of ether oxygens (including phenoxy) is 1. The summed E-state index contributed by atoms with van der Waals surface area (Å²) in [5.41, 5.74) is -0.436. The first kappa shape index (κ1) is 26.8. The van der Waals surface area contributed by atoms with E-state index in [4.69, 9.17) is 4.74 Å². The summed E-state index contributed by atoms with van der Waals surface area (Å²) in [6, 6.07) is 8.69. The number of hydrogen-bond donors (Lipinski definition) is 0. The molecule has 0 aliphatic carbocycles. The van der Waals surface area contributed by atoms with Gasteiger partial charge in [0.15, 0.2) is 17.5 Å². The first-order chi connectivity index (χ1) is 18.2. The van der Waals surface area contributed by atoms with E-state index in [2.05, 4.69) is 11.8 Å². The van der Waals surface area contributed by atoms with Crippen LogP contribution in [0.5, 0.6) is 5.75 Å². The van der Waals surface area contributed by atoms with Crippen molar-refractivity contribution in [3.63, 3.8) is 0 Å². The van der Waals surface area contributed by atoms with Crippen LogP contribution in [0.4, 0.5) is 30.7 Å². The number of rotatable bonds is 6. The van der Waals surface area contributed by atoms with Gasteiger partial charge in [0.2, 0.25) is 0 Å². The predicted molar refractivity (Wildman–Crippen MR) is 130 cm³/mol. The minimum absolute atomic E-state index is 0.0238. The fourth-order valence-corrected chi connectivity index (χ4v) is 3.82. The monoisotopic (exact) mass is 528 g/mol. The van der Waals surface area contributed by atoms with Gasteiger partial charge in [-0.3, -0.25) is 0 Å². The lowest BCUT2D eigenvalue weighted by Gasteiger charge is -2.10. The van der Waals surface area contributed by atoms with Crippen molar-refractivity contribution in [3.05, 3.63) is 124 Å². The van der Waals surface area contributed by atoms with Crippen molar-refractivity contribution in [2.75, 3.05) is 6.61 Å². The number of fused-ring (bicyclic) bond motifs is 1. The summed E-state index contributed by atoms with van der Waals surface area (Å²) >= 11 is 0. The number of aryl methyl sites for hydroxylation is 1. The van der Waals surface area contributed by atoms with E-state index >= 15 is 0 Å². The topological polar surface area (TPSA) is 9.23 Å². The SMILES string of the molecule is C/C=C/COc1cc(F)c(CCc2cc(F)c(C#Cc3ccc4c(F)c(F)c(F)cc4c3)c(F)c2)c(F)c1. The maximum Gasteiger partial charge on any atom is 0.195 e. The van der Waals surface area contributed by atoms with Crippen LogP contribution in [0.2, 0.25) is 0 Å². The van der Waals surface area contributed by atoms with E-state index in [-0.39, 0.29) is 52.7 Å². The van der Waals surface area contributed by atoms with Gasteiger partial charge in [0.1, 0.15) is 35.6 Å².